The maximum atomic E-state index is 15.1. The van der Waals surface area contributed by atoms with Gasteiger partial charge in [-0.3, -0.25) is 4.79 Å². The number of carbonyl (C=O) groups is 2. The molecule has 1 aliphatic carbocycles. The van der Waals surface area contributed by atoms with Crippen LogP contribution < -0.4 is 10.6 Å². The fraction of sp³-hybridized carbons (Fsp3) is 0.241. The SMILES string of the molecule is Nc1ccc(-c2ccc(CN(C(=O)C3CCCCC3)c3cccc(/C=C/C(=O)O)c3)cc2F)cc1. The van der Waals surface area contributed by atoms with Gasteiger partial charge in [0.2, 0.25) is 5.91 Å². The first-order valence-corrected chi connectivity index (χ1v) is 11.9. The van der Waals surface area contributed by atoms with Crippen LogP contribution in [0.5, 0.6) is 0 Å². The summed E-state index contributed by atoms with van der Waals surface area (Å²) in [4.78, 5) is 26.2. The third kappa shape index (κ3) is 6.15. The fourth-order valence-electron chi connectivity index (χ4n) is 4.57. The molecule has 0 aliphatic heterocycles. The van der Waals surface area contributed by atoms with Crippen molar-refractivity contribution in [2.45, 2.75) is 38.6 Å². The number of nitrogens with two attached hydrogens (primary N) is 1. The standard InChI is InChI=1S/C29H29FN2O3/c30-27-18-21(9-15-26(27)22-11-13-24(31)14-12-22)19-32(29(35)23-6-2-1-3-7-23)25-8-4-5-20(17-25)10-16-28(33)34/h4-5,8-18,23H,1-3,6-7,19,31H2,(H,33,34)/b16-10+. The van der Waals surface area contributed by atoms with E-state index in [1.807, 2.05) is 12.1 Å². The second-order valence-corrected chi connectivity index (χ2v) is 8.96. The van der Waals surface area contributed by atoms with Crippen molar-refractivity contribution in [3.63, 3.8) is 0 Å². The summed E-state index contributed by atoms with van der Waals surface area (Å²) in [7, 11) is 0. The lowest BCUT2D eigenvalue weighted by Gasteiger charge is -2.30. The van der Waals surface area contributed by atoms with Crippen molar-refractivity contribution in [3.05, 3.63) is 89.8 Å². The van der Waals surface area contributed by atoms with Crippen LogP contribution in [0.1, 0.15) is 43.2 Å². The molecular weight excluding hydrogens is 443 g/mol. The second-order valence-electron chi connectivity index (χ2n) is 8.96. The van der Waals surface area contributed by atoms with Crippen molar-refractivity contribution in [1.82, 2.24) is 0 Å². The molecule has 0 unspecified atom stereocenters. The molecule has 180 valence electrons. The Morgan fingerprint density at radius 2 is 1.74 bits per heavy atom. The molecule has 6 heteroatoms. The Balaban J connectivity index is 1.64. The quantitative estimate of drug-likeness (QED) is 0.313. The summed E-state index contributed by atoms with van der Waals surface area (Å²) in [6.07, 6.45) is 7.44. The highest BCUT2D eigenvalue weighted by Gasteiger charge is 2.27. The normalized spacial score (nSPS) is 14.2. The molecule has 1 saturated carbocycles. The van der Waals surface area contributed by atoms with Crippen LogP contribution in [0, 0.1) is 11.7 Å². The topological polar surface area (TPSA) is 83.6 Å². The Hall–Kier alpha value is -3.93. The van der Waals surface area contributed by atoms with Crippen LogP contribution in [-0.2, 0) is 16.1 Å². The molecular formula is C29H29FN2O3. The molecule has 0 heterocycles. The van der Waals surface area contributed by atoms with Crippen LogP contribution in [0.25, 0.3) is 17.2 Å². The molecule has 3 aromatic carbocycles. The van der Waals surface area contributed by atoms with Gasteiger partial charge in [-0.25, -0.2) is 9.18 Å². The maximum Gasteiger partial charge on any atom is 0.328 e. The zero-order valence-corrected chi connectivity index (χ0v) is 19.5. The van der Waals surface area contributed by atoms with Crippen molar-refractivity contribution in [2.24, 2.45) is 5.92 Å². The number of aliphatic carboxylic acids is 1. The highest BCUT2D eigenvalue weighted by atomic mass is 19.1. The number of carbonyl (C=O) groups excluding carboxylic acids is 1. The van der Waals surface area contributed by atoms with E-state index >= 15 is 4.39 Å². The van der Waals surface area contributed by atoms with Gasteiger partial charge in [0.15, 0.2) is 0 Å². The number of halogens is 1. The summed E-state index contributed by atoms with van der Waals surface area (Å²) in [5.41, 5.74) is 9.58. The molecule has 0 spiro atoms. The minimum Gasteiger partial charge on any atom is -0.478 e. The Labute approximate surface area is 204 Å². The fourth-order valence-corrected chi connectivity index (χ4v) is 4.57. The van der Waals surface area contributed by atoms with E-state index in [1.165, 1.54) is 12.1 Å². The number of amides is 1. The van der Waals surface area contributed by atoms with Crippen molar-refractivity contribution < 1.29 is 19.1 Å². The van der Waals surface area contributed by atoms with Crippen molar-refractivity contribution in [3.8, 4) is 11.1 Å². The lowest BCUT2D eigenvalue weighted by molar-refractivity contribution is -0.131. The van der Waals surface area contributed by atoms with E-state index in [9.17, 15) is 9.59 Å². The summed E-state index contributed by atoms with van der Waals surface area (Å²) < 4.78 is 15.1. The van der Waals surface area contributed by atoms with Gasteiger partial charge in [0.1, 0.15) is 5.82 Å². The number of benzene rings is 3. The summed E-state index contributed by atoms with van der Waals surface area (Å²) >= 11 is 0. The molecule has 0 saturated heterocycles. The first-order valence-electron chi connectivity index (χ1n) is 11.9. The largest absolute Gasteiger partial charge is 0.478 e. The van der Waals surface area contributed by atoms with Gasteiger partial charge in [-0.2, -0.15) is 0 Å². The van der Waals surface area contributed by atoms with Gasteiger partial charge in [-0.1, -0.05) is 55.7 Å². The lowest BCUT2D eigenvalue weighted by Crippen LogP contribution is -2.36. The van der Waals surface area contributed by atoms with Gasteiger partial charge in [0, 0.05) is 28.9 Å². The second kappa shape index (κ2) is 11.0. The average molecular weight is 473 g/mol. The third-order valence-electron chi connectivity index (χ3n) is 6.42. The number of carboxylic acid groups (broad SMARTS) is 1. The van der Waals surface area contributed by atoms with E-state index in [2.05, 4.69) is 0 Å². The predicted molar refractivity (Wildman–Crippen MR) is 137 cm³/mol. The van der Waals surface area contributed by atoms with Crippen LogP contribution in [0.15, 0.2) is 72.8 Å². The van der Waals surface area contributed by atoms with Crippen LogP contribution in [0.4, 0.5) is 15.8 Å². The Bertz CT molecular complexity index is 1230. The molecule has 4 rings (SSSR count). The highest BCUT2D eigenvalue weighted by molar-refractivity contribution is 5.95. The molecule has 1 fully saturated rings. The maximum absolute atomic E-state index is 15.1. The number of hydrogen-bond donors (Lipinski definition) is 2. The molecule has 0 radical (unpaired) electrons. The van der Waals surface area contributed by atoms with Gasteiger partial charge in [0.25, 0.3) is 0 Å². The minimum absolute atomic E-state index is 0.0204. The van der Waals surface area contributed by atoms with E-state index < -0.39 is 5.97 Å². The summed E-state index contributed by atoms with van der Waals surface area (Å²) in [6, 6.07) is 19.3. The molecule has 0 bridgehead atoms. The van der Waals surface area contributed by atoms with E-state index in [4.69, 9.17) is 10.8 Å². The summed E-state index contributed by atoms with van der Waals surface area (Å²) in [5, 5.41) is 8.96. The average Bonchev–Trinajstić information content (AvgIpc) is 2.87. The number of nitrogens with zero attached hydrogens (tertiary/aromatic N) is 1. The van der Waals surface area contributed by atoms with E-state index in [0.29, 0.717) is 28.1 Å². The number of carboxylic acids is 1. The molecule has 0 atom stereocenters. The monoisotopic (exact) mass is 472 g/mol. The molecule has 1 amide bonds. The number of rotatable bonds is 7. The van der Waals surface area contributed by atoms with Crippen molar-refractivity contribution in [2.75, 3.05) is 10.6 Å². The smallest absolute Gasteiger partial charge is 0.328 e. The van der Waals surface area contributed by atoms with Crippen LogP contribution in [0.2, 0.25) is 0 Å². The van der Waals surface area contributed by atoms with Gasteiger partial charge < -0.3 is 15.7 Å². The van der Waals surface area contributed by atoms with E-state index in [1.54, 1.807) is 53.4 Å². The molecule has 5 nitrogen and oxygen atoms in total. The zero-order chi connectivity index (χ0) is 24.8. The van der Waals surface area contributed by atoms with Crippen LogP contribution in [-0.4, -0.2) is 17.0 Å². The molecule has 3 aromatic rings. The van der Waals surface area contributed by atoms with Crippen LogP contribution in [0.3, 0.4) is 0 Å². The highest BCUT2D eigenvalue weighted by Crippen LogP contribution is 2.30. The lowest BCUT2D eigenvalue weighted by atomic mass is 9.88. The number of anilines is 2. The van der Waals surface area contributed by atoms with Crippen LogP contribution >= 0.6 is 0 Å². The Kier molecular flexibility index (Phi) is 7.60. The molecule has 0 aromatic heterocycles. The molecule has 1 aliphatic rings. The van der Waals surface area contributed by atoms with Crippen molar-refractivity contribution in [1.29, 1.82) is 0 Å². The Morgan fingerprint density at radius 3 is 2.43 bits per heavy atom. The van der Waals surface area contributed by atoms with Crippen molar-refractivity contribution >= 4 is 29.3 Å². The predicted octanol–water partition coefficient (Wildman–Crippen LogP) is 6.29. The molecule has 35 heavy (non-hydrogen) atoms. The third-order valence-corrected chi connectivity index (χ3v) is 6.42. The zero-order valence-electron chi connectivity index (χ0n) is 19.5. The first kappa shape index (κ1) is 24.2. The Morgan fingerprint density at radius 1 is 1.00 bits per heavy atom. The van der Waals surface area contributed by atoms with Gasteiger partial charge in [-0.15, -0.1) is 0 Å². The number of hydrogen-bond acceptors (Lipinski definition) is 3. The van der Waals surface area contributed by atoms with Gasteiger partial charge in [0.05, 0.1) is 6.54 Å². The minimum atomic E-state index is -1.04. The molecule has 3 N–H and O–H groups in total. The van der Waals surface area contributed by atoms with E-state index in [0.717, 1.165) is 43.7 Å². The summed E-state index contributed by atoms with van der Waals surface area (Å²) in [6.45, 7) is 0.223. The summed E-state index contributed by atoms with van der Waals surface area (Å²) in [5.74, 6) is -1.45. The van der Waals surface area contributed by atoms with Gasteiger partial charge >= 0.3 is 5.97 Å². The number of nitrogen functional groups attached to an aromatic ring is 1. The first-order chi connectivity index (χ1) is 16.9. The van der Waals surface area contributed by atoms with E-state index in [-0.39, 0.29) is 24.2 Å². The van der Waals surface area contributed by atoms with Gasteiger partial charge in [-0.05, 0) is 65.9 Å².